The topological polar surface area (TPSA) is 12.0 Å². The molecule has 1 heterocycles. The van der Waals surface area contributed by atoms with Crippen molar-refractivity contribution in [3.63, 3.8) is 0 Å². The van der Waals surface area contributed by atoms with Gasteiger partial charge in [-0.1, -0.05) is 39.0 Å². The third-order valence-corrected chi connectivity index (χ3v) is 7.54. The second-order valence-corrected chi connectivity index (χ2v) is 10.0. The highest BCUT2D eigenvalue weighted by molar-refractivity contribution is 8.00. The Morgan fingerprint density at radius 2 is 1.84 bits per heavy atom. The molecule has 0 spiro atoms. The standard InChI is InChI=1S/C22H26FNS/c1-21(2)17-11-12-22(3,25-16-7-5-4-6-8-16)14-20(17)24-19-10-9-15(23)13-18(19)21/h4-10,13,17,20,24H,11-12,14H2,1-3H3/t17-,20-,22-/m0/s1. The summed E-state index contributed by atoms with van der Waals surface area (Å²) in [6, 6.07) is 16.4. The number of hydrogen-bond donors (Lipinski definition) is 1. The first-order chi connectivity index (χ1) is 11.9. The third-order valence-electron chi connectivity index (χ3n) is 6.17. The van der Waals surface area contributed by atoms with E-state index in [0.29, 0.717) is 12.0 Å². The molecule has 0 bridgehead atoms. The minimum atomic E-state index is -0.132. The molecule has 132 valence electrons. The van der Waals surface area contributed by atoms with Crippen LogP contribution in [0.5, 0.6) is 0 Å². The normalized spacial score (nSPS) is 30.1. The molecule has 0 radical (unpaired) electrons. The molecule has 3 heteroatoms. The van der Waals surface area contributed by atoms with Crippen LogP contribution in [0.15, 0.2) is 53.4 Å². The molecule has 1 saturated carbocycles. The highest BCUT2D eigenvalue weighted by atomic mass is 32.2. The van der Waals surface area contributed by atoms with E-state index in [4.69, 9.17) is 0 Å². The number of fused-ring (bicyclic) bond motifs is 2. The SMILES string of the molecule is CC1(C)c2cc(F)ccc2N[C@H]2C[C@@](C)(Sc3ccccc3)CC[C@@H]21. The van der Waals surface area contributed by atoms with Gasteiger partial charge >= 0.3 is 0 Å². The molecule has 0 saturated heterocycles. The van der Waals surface area contributed by atoms with Crippen molar-refractivity contribution in [3.8, 4) is 0 Å². The number of nitrogens with one attached hydrogen (secondary N) is 1. The van der Waals surface area contributed by atoms with Gasteiger partial charge in [-0.2, -0.15) is 0 Å². The molecule has 0 amide bonds. The lowest BCUT2D eigenvalue weighted by Gasteiger charge is -2.52. The van der Waals surface area contributed by atoms with Gasteiger partial charge in [0, 0.05) is 21.4 Å². The van der Waals surface area contributed by atoms with E-state index in [-0.39, 0.29) is 16.0 Å². The Morgan fingerprint density at radius 3 is 2.60 bits per heavy atom. The molecule has 2 aliphatic rings. The lowest BCUT2D eigenvalue weighted by Crippen LogP contribution is -2.52. The van der Waals surface area contributed by atoms with Gasteiger partial charge in [0.1, 0.15) is 5.82 Å². The lowest BCUT2D eigenvalue weighted by molar-refractivity contribution is 0.185. The Kier molecular flexibility index (Phi) is 4.10. The monoisotopic (exact) mass is 355 g/mol. The van der Waals surface area contributed by atoms with Crippen LogP contribution >= 0.6 is 11.8 Å². The predicted molar refractivity (Wildman–Crippen MR) is 105 cm³/mol. The maximum atomic E-state index is 13.8. The van der Waals surface area contributed by atoms with Crippen molar-refractivity contribution in [2.45, 2.75) is 61.1 Å². The van der Waals surface area contributed by atoms with Gasteiger partial charge in [-0.25, -0.2) is 4.39 Å². The van der Waals surface area contributed by atoms with Crippen molar-refractivity contribution < 1.29 is 4.39 Å². The van der Waals surface area contributed by atoms with Crippen LogP contribution < -0.4 is 5.32 Å². The van der Waals surface area contributed by atoms with Crippen LogP contribution in [0.4, 0.5) is 10.1 Å². The number of benzene rings is 2. The van der Waals surface area contributed by atoms with Gasteiger partial charge < -0.3 is 5.32 Å². The number of anilines is 1. The summed E-state index contributed by atoms with van der Waals surface area (Å²) in [5.74, 6) is 0.415. The second-order valence-electron chi connectivity index (χ2n) is 8.38. The first-order valence-corrected chi connectivity index (χ1v) is 10.00. The molecule has 0 aromatic heterocycles. The maximum Gasteiger partial charge on any atom is 0.123 e. The van der Waals surface area contributed by atoms with Gasteiger partial charge in [0.2, 0.25) is 0 Å². The van der Waals surface area contributed by atoms with Crippen LogP contribution in [-0.2, 0) is 5.41 Å². The molecular weight excluding hydrogens is 329 g/mol. The smallest absolute Gasteiger partial charge is 0.123 e. The summed E-state index contributed by atoms with van der Waals surface area (Å²) in [7, 11) is 0. The fourth-order valence-corrected chi connectivity index (χ4v) is 6.17. The summed E-state index contributed by atoms with van der Waals surface area (Å²) in [4.78, 5) is 1.35. The number of thioether (sulfide) groups is 1. The molecule has 2 aromatic carbocycles. The first-order valence-electron chi connectivity index (χ1n) is 9.18. The Balaban J connectivity index is 1.61. The third kappa shape index (κ3) is 3.08. The Labute approximate surface area is 154 Å². The van der Waals surface area contributed by atoms with Crippen molar-refractivity contribution >= 4 is 17.4 Å². The maximum absolute atomic E-state index is 13.8. The molecule has 1 nitrogen and oxygen atoms in total. The Morgan fingerprint density at radius 1 is 1.08 bits per heavy atom. The summed E-state index contributed by atoms with van der Waals surface area (Å²) in [6.45, 7) is 6.98. The molecule has 1 N–H and O–H groups in total. The van der Waals surface area contributed by atoms with Crippen molar-refractivity contribution in [3.05, 3.63) is 59.9 Å². The minimum absolute atomic E-state index is 0.00605. The van der Waals surface area contributed by atoms with Crippen LogP contribution in [0.2, 0.25) is 0 Å². The van der Waals surface area contributed by atoms with Crippen molar-refractivity contribution in [1.82, 2.24) is 0 Å². The lowest BCUT2D eigenvalue weighted by atomic mass is 9.61. The van der Waals surface area contributed by atoms with Gasteiger partial charge in [0.15, 0.2) is 0 Å². The van der Waals surface area contributed by atoms with Gasteiger partial charge in [-0.15, -0.1) is 11.8 Å². The van der Waals surface area contributed by atoms with Crippen LogP contribution in [0.3, 0.4) is 0 Å². The van der Waals surface area contributed by atoms with E-state index in [0.717, 1.165) is 17.7 Å². The number of hydrogen-bond acceptors (Lipinski definition) is 2. The highest BCUT2D eigenvalue weighted by Gasteiger charge is 2.48. The second kappa shape index (κ2) is 6.05. The van der Waals surface area contributed by atoms with Crippen molar-refractivity contribution in [2.24, 2.45) is 5.92 Å². The van der Waals surface area contributed by atoms with Gasteiger partial charge in [-0.3, -0.25) is 0 Å². The van der Waals surface area contributed by atoms with Crippen LogP contribution in [-0.4, -0.2) is 10.8 Å². The average molecular weight is 356 g/mol. The molecule has 25 heavy (non-hydrogen) atoms. The largest absolute Gasteiger partial charge is 0.382 e. The van der Waals surface area contributed by atoms with Gasteiger partial charge in [0.05, 0.1) is 0 Å². The summed E-state index contributed by atoms with van der Waals surface area (Å²) in [5.41, 5.74) is 2.25. The molecule has 3 atom stereocenters. The zero-order chi connectivity index (χ0) is 17.7. The Hall–Kier alpha value is -1.48. The predicted octanol–water partition coefficient (Wildman–Crippen LogP) is 6.25. The summed E-state index contributed by atoms with van der Waals surface area (Å²) >= 11 is 2.01. The number of rotatable bonds is 2. The minimum Gasteiger partial charge on any atom is -0.382 e. The van der Waals surface area contributed by atoms with E-state index < -0.39 is 0 Å². The molecule has 2 aromatic rings. The fourth-order valence-electron chi connectivity index (χ4n) is 4.83. The van der Waals surface area contributed by atoms with Crippen LogP contribution in [0.1, 0.15) is 45.6 Å². The summed E-state index contributed by atoms with van der Waals surface area (Å²) in [6.07, 6.45) is 3.51. The van der Waals surface area contributed by atoms with Crippen molar-refractivity contribution in [2.75, 3.05) is 5.32 Å². The van der Waals surface area contributed by atoms with E-state index in [2.05, 4.69) is 56.4 Å². The van der Waals surface area contributed by atoms with Crippen molar-refractivity contribution in [1.29, 1.82) is 0 Å². The molecule has 1 fully saturated rings. The zero-order valence-electron chi connectivity index (χ0n) is 15.2. The first kappa shape index (κ1) is 17.0. The zero-order valence-corrected chi connectivity index (χ0v) is 16.0. The molecule has 1 aliphatic carbocycles. The van der Waals surface area contributed by atoms with E-state index in [1.54, 1.807) is 12.1 Å². The summed E-state index contributed by atoms with van der Waals surface area (Å²) < 4.78 is 14.0. The van der Waals surface area contributed by atoms with E-state index in [1.807, 2.05) is 17.8 Å². The van der Waals surface area contributed by atoms with Crippen LogP contribution in [0, 0.1) is 11.7 Å². The average Bonchev–Trinajstić information content (AvgIpc) is 2.56. The van der Waals surface area contributed by atoms with E-state index in [9.17, 15) is 4.39 Å². The van der Waals surface area contributed by atoms with Gasteiger partial charge in [0.25, 0.3) is 0 Å². The fraction of sp³-hybridized carbons (Fsp3) is 0.455. The molecular formula is C22H26FNS. The van der Waals surface area contributed by atoms with Crippen LogP contribution in [0.25, 0.3) is 0 Å². The number of halogens is 1. The quantitative estimate of drug-likeness (QED) is 0.683. The molecule has 4 rings (SSSR count). The highest BCUT2D eigenvalue weighted by Crippen LogP contribution is 2.53. The van der Waals surface area contributed by atoms with Gasteiger partial charge in [-0.05, 0) is 66.5 Å². The summed E-state index contributed by atoms with van der Waals surface area (Å²) in [5, 5.41) is 3.74. The Bertz CT molecular complexity index is 773. The van der Waals surface area contributed by atoms with E-state index >= 15 is 0 Å². The molecule has 1 aliphatic heterocycles. The molecule has 0 unspecified atom stereocenters. The van der Waals surface area contributed by atoms with E-state index in [1.165, 1.54) is 17.7 Å².